The summed E-state index contributed by atoms with van der Waals surface area (Å²) in [6, 6.07) is 6.27. The van der Waals surface area contributed by atoms with Crippen LogP contribution < -0.4 is 0 Å². The van der Waals surface area contributed by atoms with E-state index >= 15 is 0 Å². The van der Waals surface area contributed by atoms with Gasteiger partial charge in [0.1, 0.15) is 5.82 Å². The molecule has 0 unspecified atom stereocenters. The fourth-order valence-electron chi connectivity index (χ4n) is 2.84. The van der Waals surface area contributed by atoms with Gasteiger partial charge in [-0.15, -0.1) is 0 Å². The SMILES string of the molecule is CN(Cc1cc(F)ccc1C#N)CC1(O)CCCC1. The first-order valence-electron chi connectivity index (χ1n) is 6.62. The number of hydrogen-bond acceptors (Lipinski definition) is 3. The lowest BCUT2D eigenvalue weighted by atomic mass is 10.0. The fraction of sp³-hybridized carbons (Fsp3) is 0.533. The van der Waals surface area contributed by atoms with E-state index in [9.17, 15) is 9.50 Å². The molecule has 0 saturated heterocycles. The van der Waals surface area contributed by atoms with E-state index in [0.29, 0.717) is 24.2 Å². The fourth-order valence-corrected chi connectivity index (χ4v) is 2.84. The van der Waals surface area contributed by atoms with E-state index in [0.717, 1.165) is 25.7 Å². The lowest BCUT2D eigenvalue weighted by molar-refractivity contribution is 0.0145. The molecule has 102 valence electrons. The highest BCUT2D eigenvalue weighted by Crippen LogP contribution is 2.30. The minimum Gasteiger partial charge on any atom is -0.389 e. The summed E-state index contributed by atoms with van der Waals surface area (Å²) in [4.78, 5) is 1.96. The topological polar surface area (TPSA) is 47.3 Å². The molecule has 0 bridgehead atoms. The van der Waals surface area contributed by atoms with Crippen molar-refractivity contribution >= 4 is 0 Å². The molecular formula is C15H19FN2O. The average molecular weight is 262 g/mol. The van der Waals surface area contributed by atoms with Crippen LogP contribution in [-0.2, 0) is 6.54 Å². The van der Waals surface area contributed by atoms with Gasteiger partial charge in [-0.1, -0.05) is 12.8 Å². The van der Waals surface area contributed by atoms with Crippen molar-refractivity contribution in [3.8, 4) is 6.07 Å². The second-order valence-electron chi connectivity index (χ2n) is 5.52. The molecule has 0 heterocycles. The molecule has 1 aliphatic carbocycles. The highest BCUT2D eigenvalue weighted by atomic mass is 19.1. The van der Waals surface area contributed by atoms with E-state index < -0.39 is 5.60 Å². The summed E-state index contributed by atoms with van der Waals surface area (Å²) in [6.07, 6.45) is 3.78. The van der Waals surface area contributed by atoms with Crippen LogP contribution in [-0.4, -0.2) is 29.2 Å². The molecule has 3 nitrogen and oxygen atoms in total. The van der Waals surface area contributed by atoms with E-state index in [4.69, 9.17) is 5.26 Å². The Balaban J connectivity index is 2.04. The largest absolute Gasteiger partial charge is 0.389 e. The van der Waals surface area contributed by atoms with Crippen molar-refractivity contribution in [1.82, 2.24) is 4.90 Å². The number of rotatable bonds is 4. The first-order chi connectivity index (χ1) is 9.02. The molecule has 1 fully saturated rings. The molecule has 1 N–H and O–H groups in total. The Labute approximate surface area is 113 Å². The van der Waals surface area contributed by atoms with E-state index in [1.165, 1.54) is 18.2 Å². The summed E-state index contributed by atoms with van der Waals surface area (Å²) in [5.74, 6) is -0.332. The Hall–Kier alpha value is -1.44. The minimum absolute atomic E-state index is 0.332. The quantitative estimate of drug-likeness (QED) is 0.906. The maximum absolute atomic E-state index is 13.2. The Bertz CT molecular complexity index is 489. The standard InChI is InChI=1S/C15H19FN2O/c1-18(11-15(19)6-2-3-7-15)10-13-8-14(16)5-4-12(13)9-17/h4-5,8,19H,2-3,6-7,10-11H2,1H3. The van der Waals surface area contributed by atoms with Crippen molar-refractivity contribution in [2.45, 2.75) is 37.8 Å². The van der Waals surface area contributed by atoms with Crippen molar-refractivity contribution in [2.24, 2.45) is 0 Å². The van der Waals surface area contributed by atoms with Crippen molar-refractivity contribution in [2.75, 3.05) is 13.6 Å². The molecule has 0 aromatic heterocycles. The summed E-state index contributed by atoms with van der Waals surface area (Å²) in [7, 11) is 1.89. The van der Waals surface area contributed by atoms with Crippen molar-refractivity contribution in [1.29, 1.82) is 5.26 Å². The van der Waals surface area contributed by atoms with Gasteiger partial charge in [-0.25, -0.2) is 4.39 Å². The third-order valence-corrected chi connectivity index (χ3v) is 3.73. The molecule has 1 aliphatic rings. The summed E-state index contributed by atoms with van der Waals surface area (Å²) in [5, 5.41) is 19.4. The van der Waals surface area contributed by atoms with Gasteiger partial charge >= 0.3 is 0 Å². The summed E-state index contributed by atoms with van der Waals surface area (Å²) in [6.45, 7) is 1.04. The third-order valence-electron chi connectivity index (χ3n) is 3.73. The monoisotopic (exact) mass is 262 g/mol. The average Bonchev–Trinajstić information content (AvgIpc) is 2.75. The molecule has 1 aromatic rings. The first-order valence-corrected chi connectivity index (χ1v) is 6.62. The minimum atomic E-state index is -0.616. The van der Waals surface area contributed by atoms with Crippen LogP contribution in [0, 0.1) is 17.1 Å². The molecule has 1 saturated carbocycles. The predicted molar refractivity (Wildman–Crippen MR) is 70.9 cm³/mol. The molecule has 2 rings (SSSR count). The number of nitriles is 1. The maximum atomic E-state index is 13.2. The molecular weight excluding hydrogens is 243 g/mol. The van der Waals surface area contributed by atoms with Crippen molar-refractivity contribution in [3.05, 3.63) is 35.1 Å². The van der Waals surface area contributed by atoms with Gasteiger partial charge in [0.15, 0.2) is 0 Å². The van der Waals surface area contributed by atoms with Gasteiger partial charge in [0.05, 0.1) is 17.2 Å². The van der Waals surface area contributed by atoms with E-state index in [1.807, 2.05) is 11.9 Å². The number of benzene rings is 1. The normalized spacial score (nSPS) is 17.6. The zero-order valence-corrected chi connectivity index (χ0v) is 11.2. The van der Waals surface area contributed by atoms with E-state index in [2.05, 4.69) is 6.07 Å². The molecule has 0 radical (unpaired) electrons. The summed E-state index contributed by atoms with van der Waals surface area (Å²) < 4.78 is 13.2. The molecule has 0 amide bonds. The third kappa shape index (κ3) is 3.52. The van der Waals surface area contributed by atoms with Gasteiger partial charge in [0.25, 0.3) is 0 Å². The Morgan fingerprint density at radius 3 is 2.74 bits per heavy atom. The number of likely N-dealkylation sites (N-methyl/N-ethyl adjacent to an activating group) is 1. The van der Waals surface area contributed by atoms with Crippen molar-refractivity contribution < 1.29 is 9.50 Å². The number of halogens is 1. The lowest BCUT2D eigenvalue weighted by Gasteiger charge is -2.28. The van der Waals surface area contributed by atoms with Crippen molar-refractivity contribution in [3.63, 3.8) is 0 Å². The number of aliphatic hydroxyl groups is 1. The van der Waals surface area contributed by atoms with Gasteiger partial charge in [-0.3, -0.25) is 4.90 Å². The van der Waals surface area contributed by atoms with Crippen LogP contribution in [0.1, 0.15) is 36.8 Å². The highest BCUT2D eigenvalue weighted by molar-refractivity contribution is 5.37. The second kappa shape index (κ2) is 5.68. The van der Waals surface area contributed by atoms with E-state index in [-0.39, 0.29) is 5.82 Å². The zero-order valence-electron chi connectivity index (χ0n) is 11.2. The Kier molecular flexibility index (Phi) is 4.18. The van der Waals surface area contributed by atoms with Crippen LogP contribution in [0.2, 0.25) is 0 Å². The second-order valence-corrected chi connectivity index (χ2v) is 5.52. The molecule has 4 heteroatoms. The Morgan fingerprint density at radius 2 is 2.11 bits per heavy atom. The van der Waals surface area contributed by atoms with Gasteiger partial charge < -0.3 is 5.11 Å². The zero-order chi connectivity index (χ0) is 13.9. The molecule has 1 aromatic carbocycles. The van der Waals surface area contributed by atoms with Crippen LogP contribution in [0.4, 0.5) is 4.39 Å². The van der Waals surface area contributed by atoms with Crippen LogP contribution >= 0.6 is 0 Å². The van der Waals surface area contributed by atoms with Gasteiger partial charge in [0.2, 0.25) is 0 Å². The molecule has 0 spiro atoms. The van der Waals surface area contributed by atoms with Crippen LogP contribution in [0.15, 0.2) is 18.2 Å². The molecule has 0 aliphatic heterocycles. The predicted octanol–water partition coefficient (Wildman–Crippen LogP) is 2.43. The lowest BCUT2D eigenvalue weighted by Crippen LogP contribution is -2.38. The summed E-state index contributed by atoms with van der Waals surface area (Å²) in [5.41, 5.74) is 0.549. The first kappa shape index (κ1) is 14.0. The Morgan fingerprint density at radius 1 is 1.42 bits per heavy atom. The van der Waals surface area contributed by atoms with Crippen LogP contribution in [0.25, 0.3) is 0 Å². The van der Waals surface area contributed by atoms with Crippen LogP contribution in [0.3, 0.4) is 0 Å². The van der Waals surface area contributed by atoms with Crippen LogP contribution in [0.5, 0.6) is 0 Å². The molecule has 19 heavy (non-hydrogen) atoms. The number of nitrogens with zero attached hydrogens (tertiary/aromatic N) is 2. The summed E-state index contributed by atoms with van der Waals surface area (Å²) >= 11 is 0. The van der Waals surface area contributed by atoms with Gasteiger partial charge in [-0.2, -0.15) is 5.26 Å². The smallest absolute Gasteiger partial charge is 0.123 e. The maximum Gasteiger partial charge on any atom is 0.123 e. The number of hydrogen-bond donors (Lipinski definition) is 1. The molecule has 0 atom stereocenters. The van der Waals surface area contributed by atoms with Gasteiger partial charge in [0, 0.05) is 13.1 Å². The van der Waals surface area contributed by atoms with E-state index in [1.54, 1.807) is 0 Å². The van der Waals surface area contributed by atoms with Gasteiger partial charge in [-0.05, 0) is 43.7 Å². The highest BCUT2D eigenvalue weighted by Gasteiger charge is 2.32.